The maximum absolute atomic E-state index is 5.83. The summed E-state index contributed by atoms with van der Waals surface area (Å²) in [6.45, 7) is 6.00. The minimum absolute atomic E-state index is 0.00842. The first kappa shape index (κ1) is 14.8. The van der Waals surface area contributed by atoms with Crippen molar-refractivity contribution < 1.29 is 14.2 Å². The van der Waals surface area contributed by atoms with E-state index in [4.69, 9.17) is 19.9 Å². The van der Waals surface area contributed by atoms with Crippen molar-refractivity contribution in [1.29, 1.82) is 0 Å². The summed E-state index contributed by atoms with van der Waals surface area (Å²) < 4.78 is 16.2. The minimum atomic E-state index is -0.00842. The Morgan fingerprint density at radius 2 is 2.00 bits per heavy atom. The summed E-state index contributed by atoms with van der Waals surface area (Å²) in [6, 6.07) is 5.78. The van der Waals surface area contributed by atoms with E-state index in [9.17, 15) is 0 Å². The molecule has 0 amide bonds. The van der Waals surface area contributed by atoms with Crippen LogP contribution in [0.2, 0.25) is 0 Å². The Labute approximate surface area is 109 Å². The standard InChI is InChI=1S/C14H23NO3/c1-4-17-8-5-9-18-13-7-6-12(11(2)15)10-14(13)16-3/h6-7,10-11H,4-5,8-9,15H2,1-3H3. The quantitative estimate of drug-likeness (QED) is 0.723. The van der Waals surface area contributed by atoms with E-state index in [1.165, 1.54) is 0 Å². The number of nitrogens with two attached hydrogens (primary N) is 1. The number of ether oxygens (including phenoxy) is 3. The van der Waals surface area contributed by atoms with Crippen LogP contribution in [0.15, 0.2) is 18.2 Å². The van der Waals surface area contributed by atoms with Crippen LogP contribution in [0.4, 0.5) is 0 Å². The van der Waals surface area contributed by atoms with Gasteiger partial charge in [0.1, 0.15) is 0 Å². The second-order valence-corrected chi connectivity index (χ2v) is 4.10. The van der Waals surface area contributed by atoms with Gasteiger partial charge in [-0.2, -0.15) is 0 Å². The predicted molar refractivity (Wildman–Crippen MR) is 72.2 cm³/mol. The molecule has 1 aromatic rings. The normalized spacial score (nSPS) is 12.2. The van der Waals surface area contributed by atoms with Crippen molar-refractivity contribution in [3.05, 3.63) is 23.8 Å². The molecule has 0 aliphatic carbocycles. The number of hydrogen-bond donors (Lipinski definition) is 1. The van der Waals surface area contributed by atoms with Gasteiger partial charge in [0.05, 0.1) is 13.7 Å². The lowest BCUT2D eigenvalue weighted by molar-refractivity contribution is 0.130. The first-order valence-corrected chi connectivity index (χ1v) is 6.33. The van der Waals surface area contributed by atoms with Gasteiger partial charge in [-0.05, 0) is 31.5 Å². The van der Waals surface area contributed by atoms with Crippen LogP contribution in [0.3, 0.4) is 0 Å². The second-order valence-electron chi connectivity index (χ2n) is 4.10. The van der Waals surface area contributed by atoms with Crippen LogP contribution >= 0.6 is 0 Å². The molecule has 4 nitrogen and oxygen atoms in total. The molecule has 0 aliphatic heterocycles. The third-order valence-electron chi connectivity index (χ3n) is 2.61. The molecule has 102 valence electrons. The number of benzene rings is 1. The van der Waals surface area contributed by atoms with Crippen molar-refractivity contribution in [1.82, 2.24) is 0 Å². The Bertz CT molecular complexity index is 353. The van der Waals surface area contributed by atoms with Crippen molar-refractivity contribution in [2.75, 3.05) is 26.9 Å². The van der Waals surface area contributed by atoms with Crippen molar-refractivity contribution in [2.45, 2.75) is 26.3 Å². The van der Waals surface area contributed by atoms with Gasteiger partial charge in [0, 0.05) is 25.7 Å². The molecule has 0 fully saturated rings. The summed E-state index contributed by atoms with van der Waals surface area (Å²) >= 11 is 0. The zero-order valence-corrected chi connectivity index (χ0v) is 11.4. The van der Waals surface area contributed by atoms with Crippen molar-refractivity contribution in [3.63, 3.8) is 0 Å². The molecule has 0 heterocycles. The highest BCUT2D eigenvalue weighted by Crippen LogP contribution is 2.29. The molecule has 1 aromatic carbocycles. The first-order chi connectivity index (χ1) is 8.69. The summed E-state index contributed by atoms with van der Waals surface area (Å²) in [5, 5.41) is 0. The second kappa shape index (κ2) is 7.95. The van der Waals surface area contributed by atoms with Crippen LogP contribution in [0.25, 0.3) is 0 Å². The fourth-order valence-corrected chi connectivity index (χ4v) is 1.57. The fraction of sp³-hybridized carbons (Fsp3) is 0.571. The van der Waals surface area contributed by atoms with Crippen LogP contribution in [0.5, 0.6) is 11.5 Å². The van der Waals surface area contributed by atoms with Crippen LogP contribution in [-0.2, 0) is 4.74 Å². The highest BCUT2D eigenvalue weighted by molar-refractivity contribution is 5.43. The SMILES string of the molecule is CCOCCCOc1ccc(C(C)N)cc1OC. The van der Waals surface area contributed by atoms with Gasteiger partial charge in [0.25, 0.3) is 0 Å². The van der Waals surface area contributed by atoms with Crippen LogP contribution in [0.1, 0.15) is 31.9 Å². The molecule has 0 aromatic heterocycles. The van der Waals surface area contributed by atoms with Gasteiger partial charge >= 0.3 is 0 Å². The number of methoxy groups -OCH3 is 1. The Kier molecular flexibility index (Phi) is 6.54. The summed E-state index contributed by atoms with van der Waals surface area (Å²) in [4.78, 5) is 0. The average molecular weight is 253 g/mol. The van der Waals surface area contributed by atoms with Crippen LogP contribution in [-0.4, -0.2) is 26.9 Å². The molecule has 1 rings (SSSR count). The van der Waals surface area contributed by atoms with E-state index in [1.807, 2.05) is 32.0 Å². The Balaban J connectivity index is 2.54. The lowest BCUT2D eigenvalue weighted by Gasteiger charge is -2.13. The molecule has 1 unspecified atom stereocenters. The smallest absolute Gasteiger partial charge is 0.161 e. The zero-order valence-electron chi connectivity index (χ0n) is 11.4. The lowest BCUT2D eigenvalue weighted by Crippen LogP contribution is -2.07. The molecule has 0 saturated carbocycles. The summed E-state index contributed by atoms with van der Waals surface area (Å²) in [5.74, 6) is 1.47. The van der Waals surface area contributed by atoms with Gasteiger partial charge in [-0.1, -0.05) is 6.07 Å². The lowest BCUT2D eigenvalue weighted by atomic mass is 10.1. The molecule has 0 radical (unpaired) electrons. The maximum atomic E-state index is 5.83. The third-order valence-corrected chi connectivity index (χ3v) is 2.61. The van der Waals surface area contributed by atoms with E-state index in [-0.39, 0.29) is 6.04 Å². The van der Waals surface area contributed by atoms with Crippen molar-refractivity contribution in [2.24, 2.45) is 5.73 Å². The van der Waals surface area contributed by atoms with Gasteiger partial charge in [-0.25, -0.2) is 0 Å². The average Bonchev–Trinajstić information content (AvgIpc) is 2.38. The van der Waals surface area contributed by atoms with Crippen molar-refractivity contribution in [3.8, 4) is 11.5 Å². The minimum Gasteiger partial charge on any atom is -0.493 e. The number of hydrogen-bond acceptors (Lipinski definition) is 4. The highest BCUT2D eigenvalue weighted by atomic mass is 16.5. The Morgan fingerprint density at radius 1 is 1.22 bits per heavy atom. The largest absolute Gasteiger partial charge is 0.493 e. The van der Waals surface area contributed by atoms with E-state index in [2.05, 4.69) is 0 Å². The zero-order chi connectivity index (χ0) is 13.4. The molecular formula is C14H23NO3. The summed E-state index contributed by atoms with van der Waals surface area (Å²) in [6.07, 6.45) is 0.867. The first-order valence-electron chi connectivity index (χ1n) is 6.33. The molecule has 0 bridgehead atoms. The van der Waals surface area contributed by atoms with Gasteiger partial charge in [-0.3, -0.25) is 0 Å². The molecule has 0 saturated heterocycles. The molecular weight excluding hydrogens is 230 g/mol. The monoisotopic (exact) mass is 253 g/mol. The molecule has 0 aliphatic rings. The van der Waals surface area contributed by atoms with Gasteiger partial charge < -0.3 is 19.9 Å². The summed E-state index contributed by atoms with van der Waals surface area (Å²) in [7, 11) is 1.63. The van der Waals surface area contributed by atoms with Crippen LogP contribution < -0.4 is 15.2 Å². The van der Waals surface area contributed by atoms with E-state index in [1.54, 1.807) is 7.11 Å². The van der Waals surface area contributed by atoms with E-state index >= 15 is 0 Å². The van der Waals surface area contributed by atoms with Gasteiger partial charge in [-0.15, -0.1) is 0 Å². The predicted octanol–water partition coefficient (Wildman–Crippen LogP) is 2.52. The molecule has 2 N–H and O–H groups in total. The van der Waals surface area contributed by atoms with E-state index in [0.29, 0.717) is 6.61 Å². The van der Waals surface area contributed by atoms with Crippen LogP contribution in [0, 0.1) is 0 Å². The van der Waals surface area contributed by atoms with E-state index in [0.717, 1.165) is 36.7 Å². The van der Waals surface area contributed by atoms with Gasteiger partial charge in [0.15, 0.2) is 11.5 Å². The maximum Gasteiger partial charge on any atom is 0.161 e. The molecule has 1 atom stereocenters. The third kappa shape index (κ3) is 4.55. The highest BCUT2D eigenvalue weighted by Gasteiger charge is 2.07. The molecule has 4 heteroatoms. The topological polar surface area (TPSA) is 53.7 Å². The fourth-order valence-electron chi connectivity index (χ4n) is 1.57. The molecule has 0 spiro atoms. The Hall–Kier alpha value is -1.26. The summed E-state index contributed by atoms with van der Waals surface area (Å²) in [5.41, 5.74) is 6.87. The number of rotatable bonds is 8. The Morgan fingerprint density at radius 3 is 2.61 bits per heavy atom. The van der Waals surface area contributed by atoms with Gasteiger partial charge in [0.2, 0.25) is 0 Å². The van der Waals surface area contributed by atoms with E-state index < -0.39 is 0 Å². The molecule has 18 heavy (non-hydrogen) atoms. The van der Waals surface area contributed by atoms with Crippen molar-refractivity contribution >= 4 is 0 Å².